The van der Waals surface area contributed by atoms with Crippen LogP contribution in [0.25, 0.3) is 17.5 Å². The van der Waals surface area contributed by atoms with Gasteiger partial charge in [0, 0.05) is 11.6 Å². The molecule has 0 aliphatic heterocycles. The lowest BCUT2D eigenvalue weighted by molar-refractivity contribution is -0.127. The van der Waals surface area contributed by atoms with Crippen LogP contribution in [0.2, 0.25) is 0 Å². The molecule has 0 radical (unpaired) electrons. The lowest BCUT2D eigenvalue weighted by Gasteiger charge is -2.04. The maximum absolute atomic E-state index is 12.8. The predicted octanol–water partition coefficient (Wildman–Crippen LogP) is 1.34. The average molecular weight is 366 g/mol. The van der Waals surface area contributed by atoms with E-state index in [1.807, 2.05) is 30.3 Å². The summed E-state index contributed by atoms with van der Waals surface area (Å²) in [5.74, 6) is -1.02. The number of aromatic nitrogens is 4. The number of hydrogen-bond acceptors (Lipinski definition) is 5. The monoisotopic (exact) mass is 366 g/mol. The molecule has 0 aliphatic rings. The minimum atomic E-state index is -0.538. The lowest BCUT2D eigenvalue weighted by Crippen LogP contribution is -2.42. The molecular weight excluding hydrogens is 351 g/mol. The van der Waals surface area contributed by atoms with Crippen LogP contribution in [-0.2, 0) is 16.1 Å². The van der Waals surface area contributed by atoms with Crippen LogP contribution in [0, 0.1) is 5.82 Å². The van der Waals surface area contributed by atoms with Gasteiger partial charge in [0.1, 0.15) is 12.4 Å². The van der Waals surface area contributed by atoms with Crippen molar-refractivity contribution in [2.75, 3.05) is 0 Å². The van der Waals surface area contributed by atoms with Crippen molar-refractivity contribution in [1.29, 1.82) is 0 Å². The Morgan fingerprint density at radius 3 is 2.52 bits per heavy atom. The minimum Gasteiger partial charge on any atom is -0.271 e. The second kappa shape index (κ2) is 8.48. The van der Waals surface area contributed by atoms with Crippen LogP contribution in [-0.4, -0.2) is 32.0 Å². The van der Waals surface area contributed by atoms with E-state index in [-0.39, 0.29) is 12.4 Å². The fourth-order valence-electron chi connectivity index (χ4n) is 2.10. The summed E-state index contributed by atoms with van der Waals surface area (Å²) < 4.78 is 12.8. The highest BCUT2D eigenvalue weighted by Crippen LogP contribution is 2.11. The van der Waals surface area contributed by atoms with Crippen LogP contribution in [0.5, 0.6) is 0 Å². The van der Waals surface area contributed by atoms with Crippen LogP contribution in [0.1, 0.15) is 5.56 Å². The molecule has 3 rings (SSSR count). The van der Waals surface area contributed by atoms with Crippen molar-refractivity contribution in [2.24, 2.45) is 0 Å². The minimum absolute atomic E-state index is 0.207. The smallest absolute Gasteiger partial charge is 0.262 e. The molecule has 0 saturated heterocycles. The van der Waals surface area contributed by atoms with Gasteiger partial charge in [-0.2, -0.15) is 4.80 Å². The number of carbonyl (C=O) groups is 2. The summed E-state index contributed by atoms with van der Waals surface area (Å²) in [7, 11) is 0. The molecule has 0 fully saturated rings. The van der Waals surface area contributed by atoms with Crippen molar-refractivity contribution >= 4 is 17.9 Å². The summed E-state index contributed by atoms with van der Waals surface area (Å²) in [6, 6.07) is 14.8. The second-order valence-electron chi connectivity index (χ2n) is 5.43. The van der Waals surface area contributed by atoms with Gasteiger partial charge in [0.05, 0.1) is 0 Å². The van der Waals surface area contributed by atoms with Crippen molar-refractivity contribution < 1.29 is 14.0 Å². The third-order valence-electron chi connectivity index (χ3n) is 3.39. The topological polar surface area (TPSA) is 102 Å². The van der Waals surface area contributed by atoms with Gasteiger partial charge in [0.15, 0.2) is 0 Å². The van der Waals surface area contributed by atoms with E-state index in [9.17, 15) is 14.0 Å². The van der Waals surface area contributed by atoms with Gasteiger partial charge in [-0.15, -0.1) is 10.2 Å². The SMILES string of the molecule is O=C(/C=C/c1ccc(F)cc1)NNC(=O)Cn1nnc(-c2ccccc2)n1. The Hall–Kier alpha value is -3.88. The van der Waals surface area contributed by atoms with Crippen LogP contribution in [0.4, 0.5) is 4.39 Å². The largest absolute Gasteiger partial charge is 0.271 e. The Labute approximate surface area is 153 Å². The Bertz CT molecular complexity index is 953. The van der Waals surface area contributed by atoms with E-state index in [4.69, 9.17) is 0 Å². The number of tetrazole rings is 1. The van der Waals surface area contributed by atoms with Gasteiger partial charge >= 0.3 is 0 Å². The molecule has 2 aromatic carbocycles. The number of amides is 2. The fraction of sp³-hybridized carbons (Fsp3) is 0.0556. The van der Waals surface area contributed by atoms with E-state index in [0.717, 1.165) is 10.4 Å². The summed E-state index contributed by atoms with van der Waals surface area (Å²) in [5.41, 5.74) is 5.91. The molecule has 136 valence electrons. The molecule has 0 aliphatic carbocycles. The second-order valence-corrected chi connectivity index (χ2v) is 5.43. The van der Waals surface area contributed by atoms with Crippen LogP contribution < -0.4 is 10.9 Å². The van der Waals surface area contributed by atoms with Crippen LogP contribution in [0.15, 0.2) is 60.7 Å². The molecule has 0 atom stereocenters. The highest BCUT2D eigenvalue weighted by molar-refractivity contribution is 5.93. The number of nitrogens with one attached hydrogen (secondary N) is 2. The first kappa shape index (κ1) is 17.9. The third kappa shape index (κ3) is 5.30. The number of hydrazine groups is 1. The summed E-state index contributed by atoms with van der Waals surface area (Å²) in [4.78, 5) is 24.7. The molecular formula is C18H15FN6O2. The standard InChI is InChI=1S/C18H15FN6O2/c19-15-9-6-13(7-10-15)8-11-16(26)20-21-17(27)12-25-23-18(22-24-25)14-4-2-1-3-5-14/h1-11H,12H2,(H,20,26)(H,21,27)/b11-8+. The van der Waals surface area contributed by atoms with E-state index in [1.54, 1.807) is 0 Å². The molecule has 2 amide bonds. The molecule has 2 N–H and O–H groups in total. The third-order valence-corrected chi connectivity index (χ3v) is 3.39. The fourth-order valence-corrected chi connectivity index (χ4v) is 2.10. The Morgan fingerprint density at radius 2 is 1.78 bits per heavy atom. The van der Waals surface area contributed by atoms with Gasteiger partial charge in [0.25, 0.3) is 11.8 Å². The summed E-state index contributed by atoms with van der Waals surface area (Å²) in [6.45, 7) is -0.207. The van der Waals surface area contributed by atoms with Gasteiger partial charge in [0.2, 0.25) is 5.82 Å². The number of hydrogen-bond donors (Lipinski definition) is 2. The molecule has 0 bridgehead atoms. The van der Waals surface area contributed by atoms with Crippen molar-refractivity contribution in [3.8, 4) is 11.4 Å². The Balaban J connectivity index is 1.47. The first-order chi connectivity index (χ1) is 13.1. The van der Waals surface area contributed by atoms with E-state index in [2.05, 4.69) is 26.3 Å². The molecule has 9 heteroatoms. The highest BCUT2D eigenvalue weighted by atomic mass is 19.1. The molecule has 1 heterocycles. The van der Waals surface area contributed by atoms with Crippen LogP contribution in [0.3, 0.4) is 0 Å². The van der Waals surface area contributed by atoms with Crippen molar-refractivity contribution in [3.05, 3.63) is 72.1 Å². The normalized spacial score (nSPS) is 10.7. The molecule has 27 heavy (non-hydrogen) atoms. The average Bonchev–Trinajstić information content (AvgIpc) is 3.15. The first-order valence-corrected chi connectivity index (χ1v) is 7.96. The molecule has 8 nitrogen and oxygen atoms in total. The van der Waals surface area contributed by atoms with Crippen molar-refractivity contribution in [3.63, 3.8) is 0 Å². The summed E-state index contributed by atoms with van der Waals surface area (Å²) in [5, 5.41) is 11.8. The van der Waals surface area contributed by atoms with E-state index in [0.29, 0.717) is 11.4 Å². The number of nitrogens with zero attached hydrogens (tertiary/aromatic N) is 4. The molecule has 0 spiro atoms. The Morgan fingerprint density at radius 1 is 1.04 bits per heavy atom. The molecule has 0 unspecified atom stereocenters. The zero-order valence-corrected chi connectivity index (χ0v) is 14.0. The number of rotatable bonds is 5. The summed E-state index contributed by atoms with van der Waals surface area (Å²) in [6.07, 6.45) is 2.71. The van der Waals surface area contributed by atoms with Gasteiger partial charge in [-0.3, -0.25) is 20.4 Å². The quantitative estimate of drug-likeness (QED) is 0.524. The lowest BCUT2D eigenvalue weighted by atomic mass is 10.2. The molecule has 1 aromatic heterocycles. The van der Waals surface area contributed by atoms with Crippen LogP contribution >= 0.6 is 0 Å². The number of halogens is 1. The van der Waals surface area contributed by atoms with E-state index in [1.165, 1.54) is 36.4 Å². The zero-order chi connectivity index (χ0) is 19.1. The zero-order valence-electron chi connectivity index (χ0n) is 14.0. The number of benzene rings is 2. The summed E-state index contributed by atoms with van der Waals surface area (Å²) >= 11 is 0. The van der Waals surface area contributed by atoms with Gasteiger partial charge in [-0.05, 0) is 29.0 Å². The highest BCUT2D eigenvalue weighted by Gasteiger charge is 2.09. The first-order valence-electron chi connectivity index (χ1n) is 7.96. The van der Waals surface area contributed by atoms with E-state index >= 15 is 0 Å². The maximum Gasteiger partial charge on any atom is 0.262 e. The maximum atomic E-state index is 12.8. The predicted molar refractivity (Wildman–Crippen MR) is 95.0 cm³/mol. The number of carbonyl (C=O) groups excluding carboxylic acids is 2. The van der Waals surface area contributed by atoms with Gasteiger partial charge < -0.3 is 0 Å². The van der Waals surface area contributed by atoms with Crippen molar-refractivity contribution in [1.82, 2.24) is 31.1 Å². The van der Waals surface area contributed by atoms with E-state index < -0.39 is 11.8 Å². The van der Waals surface area contributed by atoms with Gasteiger partial charge in [-0.25, -0.2) is 4.39 Å². The molecule has 0 saturated carbocycles. The Kier molecular flexibility index (Phi) is 5.63. The van der Waals surface area contributed by atoms with Gasteiger partial charge in [-0.1, -0.05) is 42.5 Å². The van der Waals surface area contributed by atoms with Crippen molar-refractivity contribution in [2.45, 2.75) is 6.54 Å². The molecule has 3 aromatic rings.